The number of benzene rings is 1. The van der Waals surface area contributed by atoms with Gasteiger partial charge in [-0.2, -0.15) is 0 Å². The minimum Gasteiger partial charge on any atom is -0.497 e. The third kappa shape index (κ3) is 4.48. The van der Waals surface area contributed by atoms with Crippen molar-refractivity contribution >= 4 is 5.84 Å². The van der Waals surface area contributed by atoms with E-state index in [9.17, 15) is 0 Å². The topological polar surface area (TPSA) is 47.6 Å². The maximum atomic E-state index is 6.10. The molecule has 0 spiro atoms. The molecule has 2 N–H and O–H groups in total. The average molecular weight is 296 g/mol. The molecule has 1 aromatic rings. The fourth-order valence-corrected chi connectivity index (χ4v) is 1.89. The quantitative estimate of drug-likeness (QED) is 0.483. The van der Waals surface area contributed by atoms with Gasteiger partial charge in [0.05, 0.1) is 12.8 Å². The van der Waals surface area contributed by atoms with Crippen molar-refractivity contribution < 1.29 is 4.74 Å². The molecule has 1 aromatic carbocycles. The zero-order chi connectivity index (χ0) is 16.7. The predicted molar refractivity (Wildman–Crippen MR) is 95.3 cm³/mol. The molecule has 0 bridgehead atoms. The molecule has 0 fully saturated rings. The van der Waals surface area contributed by atoms with Gasteiger partial charge in [-0.15, -0.1) is 0 Å². The zero-order valence-corrected chi connectivity index (χ0v) is 13.8. The summed E-state index contributed by atoms with van der Waals surface area (Å²) in [4.78, 5) is 4.39. The number of hydrogen-bond donors (Lipinski definition) is 1. The van der Waals surface area contributed by atoms with Gasteiger partial charge < -0.3 is 10.5 Å². The number of allylic oxidation sites excluding steroid dienone is 4. The van der Waals surface area contributed by atoms with Crippen molar-refractivity contribution in [3.05, 3.63) is 77.6 Å². The van der Waals surface area contributed by atoms with Crippen LogP contribution in [0.25, 0.3) is 0 Å². The molecule has 0 aliphatic rings. The number of hydrogen-bond acceptors (Lipinski definition) is 2. The lowest BCUT2D eigenvalue weighted by atomic mass is 10.1. The van der Waals surface area contributed by atoms with Gasteiger partial charge in [-0.05, 0) is 55.7 Å². The summed E-state index contributed by atoms with van der Waals surface area (Å²) < 4.78 is 5.19. The first-order valence-corrected chi connectivity index (χ1v) is 7.08. The van der Waals surface area contributed by atoms with Crippen molar-refractivity contribution in [2.45, 2.75) is 20.8 Å². The number of aryl methyl sites for hydroxylation is 1. The summed E-state index contributed by atoms with van der Waals surface area (Å²) in [6.45, 7) is 13.9. The molecule has 0 heterocycles. The molecule has 3 heteroatoms. The van der Waals surface area contributed by atoms with Gasteiger partial charge in [0.1, 0.15) is 11.6 Å². The molecule has 22 heavy (non-hydrogen) atoms. The van der Waals surface area contributed by atoms with Crippen LogP contribution in [-0.4, -0.2) is 12.9 Å². The Balaban J connectivity index is 3.02. The van der Waals surface area contributed by atoms with Crippen LogP contribution in [0.4, 0.5) is 0 Å². The number of nitrogens with zero attached hydrogens (tertiary/aromatic N) is 1. The molecule has 0 saturated heterocycles. The summed E-state index contributed by atoms with van der Waals surface area (Å²) in [7, 11) is 1.64. The van der Waals surface area contributed by atoms with E-state index in [0.717, 1.165) is 28.0 Å². The lowest BCUT2D eigenvalue weighted by Crippen LogP contribution is -2.15. The molecular formula is C19H24N2O. The highest BCUT2D eigenvalue weighted by Crippen LogP contribution is 2.20. The fourth-order valence-electron chi connectivity index (χ4n) is 1.89. The van der Waals surface area contributed by atoms with E-state index in [1.165, 1.54) is 0 Å². The highest BCUT2D eigenvalue weighted by atomic mass is 16.5. The summed E-state index contributed by atoms with van der Waals surface area (Å²) >= 11 is 0. The van der Waals surface area contributed by atoms with Crippen molar-refractivity contribution in [3.8, 4) is 5.75 Å². The van der Waals surface area contributed by atoms with Crippen LogP contribution in [0.5, 0.6) is 5.75 Å². The Morgan fingerprint density at radius 3 is 2.55 bits per heavy atom. The van der Waals surface area contributed by atoms with E-state index >= 15 is 0 Å². The van der Waals surface area contributed by atoms with Gasteiger partial charge >= 0.3 is 0 Å². The first-order valence-electron chi connectivity index (χ1n) is 7.08. The normalized spacial score (nSPS) is 12.5. The van der Waals surface area contributed by atoms with Crippen LogP contribution in [0, 0.1) is 6.92 Å². The molecule has 0 radical (unpaired) electrons. The first-order chi connectivity index (χ1) is 10.4. The van der Waals surface area contributed by atoms with Gasteiger partial charge in [-0.3, -0.25) is 0 Å². The highest BCUT2D eigenvalue weighted by Gasteiger charge is 2.07. The summed E-state index contributed by atoms with van der Waals surface area (Å²) in [5.41, 5.74) is 10.3. The Labute approximate surface area is 133 Å². The van der Waals surface area contributed by atoms with Crippen molar-refractivity contribution in [2.75, 3.05) is 7.11 Å². The Morgan fingerprint density at radius 2 is 2.00 bits per heavy atom. The monoisotopic (exact) mass is 296 g/mol. The number of rotatable bonds is 6. The standard InChI is InChI=1S/C19H24N2O/c1-7-8-9-13(2)15(4)16(5)21-19(20)18-11-10-17(22-6)12-14(18)3/h7-12H,4-5H2,1-3,6H3,(H2,20,21)/b8-7-,13-9-. The lowest BCUT2D eigenvalue weighted by molar-refractivity contribution is 0.414. The third-order valence-corrected chi connectivity index (χ3v) is 3.33. The zero-order valence-electron chi connectivity index (χ0n) is 13.8. The smallest absolute Gasteiger partial charge is 0.131 e. The first kappa shape index (κ1) is 17.5. The van der Waals surface area contributed by atoms with E-state index in [1.54, 1.807) is 7.11 Å². The maximum absolute atomic E-state index is 6.10. The minimum atomic E-state index is 0.421. The molecule has 0 atom stereocenters. The van der Waals surface area contributed by atoms with E-state index in [0.29, 0.717) is 11.5 Å². The predicted octanol–water partition coefficient (Wildman–Crippen LogP) is 4.30. The van der Waals surface area contributed by atoms with Gasteiger partial charge in [0, 0.05) is 5.56 Å². The van der Waals surface area contributed by atoms with E-state index < -0.39 is 0 Å². The van der Waals surface area contributed by atoms with Crippen LogP contribution in [0.1, 0.15) is 25.0 Å². The van der Waals surface area contributed by atoms with E-state index in [-0.39, 0.29) is 0 Å². The molecule has 0 aromatic heterocycles. The number of amidine groups is 1. The summed E-state index contributed by atoms with van der Waals surface area (Å²) in [5, 5.41) is 0. The van der Waals surface area contributed by atoms with Gasteiger partial charge in [-0.1, -0.05) is 31.4 Å². The van der Waals surface area contributed by atoms with Crippen molar-refractivity contribution in [1.82, 2.24) is 0 Å². The molecule has 1 rings (SSSR count). The Morgan fingerprint density at radius 1 is 1.32 bits per heavy atom. The lowest BCUT2D eigenvalue weighted by Gasteiger charge is -2.10. The second kappa shape index (κ2) is 8.03. The number of methoxy groups -OCH3 is 1. The molecular weight excluding hydrogens is 272 g/mol. The van der Waals surface area contributed by atoms with Crippen LogP contribution >= 0.6 is 0 Å². The van der Waals surface area contributed by atoms with E-state index in [2.05, 4.69) is 18.2 Å². The number of aliphatic imine (C=N–C) groups is 1. The third-order valence-electron chi connectivity index (χ3n) is 3.33. The molecule has 0 saturated carbocycles. The highest BCUT2D eigenvalue weighted by molar-refractivity contribution is 5.99. The molecule has 0 aliphatic carbocycles. The minimum absolute atomic E-state index is 0.421. The number of ether oxygens (including phenoxy) is 1. The van der Waals surface area contributed by atoms with Crippen LogP contribution in [0.15, 0.2) is 71.4 Å². The Kier molecular flexibility index (Phi) is 6.39. The van der Waals surface area contributed by atoms with Gasteiger partial charge in [0.25, 0.3) is 0 Å². The van der Waals surface area contributed by atoms with Crippen molar-refractivity contribution in [2.24, 2.45) is 10.7 Å². The van der Waals surface area contributed by atoms with E-state index in [1.807, 2.05) is 57.2 Å². The van der Waals surface area contributed by atoms with Crippen molar-refractivity contribution in [1.29, 1.82) is 0 Å². The van der Waals surface area contributed by atoms with Gasteiger partial charge in [-0.25, -0.2) is 4.99 Å². The molecule has 3 nitrogen and oxygen atoms in total. The van der Waals surface area contributed by atoms with Crippen molar-refractivity contribution in [3.63, 3.8) is 0 Å². The van der Waals surface area contributed by atoms with Crippen LogP contribution in [0.3, 0.4) is 0 Å². The van der Waals surface area contributed by atoms with Gasteiger partial charge in [0.15, 0.2) is 0 Å². The average Bonchev–Trinajstić information content (AvgIpc) is 2.51. The fraction of sp³-hybridized carbons (Fsp3) is 0.211. The Hall–Kier alpha value is -2.55. The Bertz CT molecular complexity index is 664. The van der Waals surface area contributed by atoms with Crippen LogP contribution in [0.2, 0.25) is 0 Å². The SMILES string of the molecule is C=C(N=C(N)c1ccc(OC)cc1C)C(=C)/C(C)=C\C=C/C. The number of nitrogens with two attached hydrogens (primary N) is 1. The molecule has 0 aliphatic heterocycles. The van der Waals surface area contributed by atoms with Crippen LogP contribution < -0.4 is 10.5 Å². The van der Waals surface area contributed by atoms with E-state index in [4.69, 9.17) is 10.5 Å². The summed E-state index contributed by atoms with van der Waals surface area (Å²) in [6, 6.07) is 5.68. The summed E-state index contributed by atoms with van der Waals surface area (Å²) in [6.07, 6.45) is 5.88. The summed E-state index contributed by atoms with van der Waals surface area (Å²) in [5.74, 6) is 1.22. The van der Waals surface area contributed by atoms with Crippen LogP contribution in [-0.2, 0) is 0 Å². The maximum Gasteiger partial charge on any atom is 0.131 e. The molecule has 0 unspecified atom stereocenters. The molecule has 116 valence electrons. The molecule has 0 amide bonds. The second-order valence-corrected chi connectivity index (χ2v) is 4.98. The largest absolute Gasteiger partial charge is 0.497 e. The second-order valence-electron chi connectivity index (χ2n) is 4.98. The van der Waals surface area contributed by atoms with Gasteiger partial charge in [0.2, 0.25) is 0 Å².